The normalized spacial score (nSPS) is 13.2. The van der Waals surface area contributed by atoms with Gasteiger partial charge in [-0.15, -0.1) is 11.8 Å². The van der Waals surface area contributed by atoms with Gasteiger partial charge in [0.2, 0.25) is 0 Å². The molecule has 3 nitrogen and oxygen atoms in total. The summed E-state index contributed by atoms with van der Waals surface area (Å²) in [6.07, 6.45) is 0.470. The van der Waals surface area contributed by atoms with E-state index >= 15 is 0 Å². The molecule has 0 aliphatic heterocycles. The summed E-state index contributed by atoms with van der Waals surface area (Å²) in [5.74, 6) is 0.216. The van der Waals surface area contributed by atoms with E-state index in [1.54, 1.807) is 11.8 Å². The zero-order valence-corrected chi connectivity index (χ0v) is 12.3. The van der Waals surface area contributed by atoms with Gasteiger partial charge in [0.25, 0.3) is 0 Å². The average molecular weight is 307 g/mol. The zero-order chi connectivity index (χ0) is 14.4. The van der Waals surface area contributed by atoms with E-state index in [0.717, 1.165) is 10.5 Å². The Morgan fingerprint density at radius 3 is 2.60 bits per heavy atom. The maximum Gasteiger partial charge on any atom is 0.140 e. The summed E-state index contributed by atoms with van der Waals surface area (Å²) in [6.45, 7) is 0. The molecule has 0 radical (unpaired) electrons. The number of nitrogens with zero attached hydrogens (tertiary/aromatic N) is 1. The first-order chi connectivity index (χ1) is 9.69. The molecule has 2 rings (SSSR count). The number of nitrogens with two attached hydrogens (primary N) is 1. The van der Waals surface area contributed by atoms with Crippen molar-refractivity contribution in [1.82, 2.24) is 0 Å². The van der Waals surface area contributed by atoms with E-state index in [1.807, 2.05) is 54.6 Å². The van der Waals surface area contributed by atoms with Crippen LogP contribution in [0, 0.1) is 0 Å². The molecule has 0 saturated carbocycles. The minimum atomic E-state index is 0.0746. The van der Waals surface area contributed by atoms with Gasteiger partial charge in [-0.25, -0.2) is 0 Å². The number of rotatable bonds is 5. The highest BCUT2D eigenvalue weighted by molar-refractivity contribution is 7.99. The Bertz CT molecular complexity index is 589. The fourth-order valence-electron chi connectivity index (χ4n) is 1.83. The van der Waals surface area contributed by atoms with Crippen LogP contribution < -0.4 is 5.73 Å². The van der Waals surface area contributed by atoms with Gasteiger partial charge < -0.3 is 10.9 Å². The molecule has 0 heterocycles. The van der Waals surface area contributed by atoms with Gasteiger partial charge in [-0.1, -0.05) is 53.2 Å². The third-order valence-electron chi connectivity index (χ3n) is 2.77. The van der Waals surface area contributed by atoms with E-state index in [1.165, 1.54) is 0 Å². The number of amidine groups is 1. The van der Waals surface area contributed by atoms with E-state index in [9.17, 15) is 0 Å². The summed E-state index contributed by atoms with van der Waals surface area (Å²) in [5, 5.41) is 12.6. The van der Waals surface area contributed by atoms with Crippen LogP contribution in [-0.2, 0) is 0 Å². The van der Waals surface area contributed by atoms with E-state index in [2.05, 4.69) is 5.16 Å². The van der Waals surface area contributed by atoms with Crippen molar-refractivity contribution >= 4 is 29.2 Å². The average Bonchev–Trinajstić information content (AvgIpc) is 2.47. The highest BCUT2D eigenvalue weighted by Crippen LogP contribution is 2.38. The standard InChI is InChI=1S/C15H15ClN2OS/c16-12-7-4-8-13(9-12)20-14(10-15(17)18-19)11-5-2-1-3-6-11/h1-9,14,19H,10H2,(H2,17,18). The van der Waals surface area contributed by atoms with E-state index in [0.29, 0.717) is 11.4 Å². The summed E-state index contributed by atoms with van der Waals surface area (Å²) in [5.41, 5.74) is 6.78. The van der Waals surface area contributed by atoms with Gasteiger partial charge >= 0.3 is 0 Å². The molecule has 2 aromatic rings. The number of oxime groups is 1. The molecule has 0 aromatic heterocycles. The van der Waals surface area contributed by atoms with Crippen molar-refractivity contribution in [3.05, 3.63) is 65.2 Å². The number of benzene rings is 2. The predicted molar refractivity (Wildman–Crippen MR) is 84.5 cm³/mol. The molecule has 0 aliphatic carbocycles. The molecule has 0 bridgehead atoms. The summed E-state index contributed by atoms with van der Waals surface area (Å²) >= 11 is 7.65. The van der Waals surface area contributed by atoms with Crippen LogP contribution in [-0.4, -0.2) is 11.0 Å². The summed E-state index contributed by atoms with van der Waals surface area (Å²) in [7, 11) is 0. The number of hydrogen-bond donors (Lipinski definition) is 2. The number of halogens is 1. The van der Waals surface area contributed by atoms with Gasteiger partial charge in [-0.2, -0.15) is 0 Å². The SMILES string of the molecule is NC(CC(Sc1cccc(Cl)c1)c1ccccc1)=NO. The van der Waals surface area contributed by atoms with Crippen molar-refractivity contribution in [1.29, 1.82) is 0 Å². The molecule has 0 fully saturated rings. The molecule has 1 unspecified atom stereocenters. The molecule has 0 aliphatic rings. The predicted octanol–water partition coefficient (Wildman–Crippen LogP) is 4.31. The van der Waals surface area contributed by atoms with Crippen LogP contribution in [0.4, 0.5) is 0 Å². The van der Waals surface area contributed by atoms with Crippen molar-refractivity contribution in [2.45, 2.75) is 16.6 Å². The number of thioether (sulfide) groups is 1. The van der Waals surface area contributed by atoms with Gasteiger partial charge in [0.1, 0.15) is 5.84 Å². The lowest BCUT2D eigenvalue weighted by molar-refractivity contribution is 0.317. The van der Waals surface area contributed by atoms with E-state index < -0.39 is 0 Å². The van der Waals surface area contributed by atoms with Gasteiger partial charge in [0.05, 0.1) is 0 Å². The largest absolute Gasteiger partial charge is 0.409 e. The van der Waals surface area contributed by atoms with Crippen LogP contribution in [0.25, 0.3) is 0 Å². The van der Waals surface area contributed by atoms with Gasteiger partial charge in [0.15, 0.2) is 0 Å². The Labute approximate surface area is 127 Å². The lowest BCUT2D eigenvalue weighted by atomic mass is 10.1. The number of hydrogen-bond acceptors (Lipinski definition) is 3. The summed E-state index contributed by atoms with van der Waals surface area (Å²) in [4.78, 5) is 1.05. The molecule has 1 atom stereocenters. The Kier molecular flexibility index (Phi) is 5.32. The van der Waals surface area contributed by atoms with Gasteiger partial charge in [0, 0.05) is 21.6 Å². The first kappa shape index (κ1) is 14.8. The van der Waals surface area contributed by atoms with Gasteiger partial charge in [-0.3, -0.25) is 0 Å². The first-order valence-electron chi connectivity index (χ1n) is 6.12. The molecule has 2 aromatic carbocycles. The highest BCUT2D eigenvalue weighted by Gasteiger charge is 2.15. The molecule has 3 N–H and O–H groups in total. The summed E-state index contributed by atoms with van der Waals surface area (Å²) < 4.78 is 0. The highest BCUT2D eigenvalue weighted by atomic mass is 35.5. The fourth-order valence-corrected chi connectivity index (χ4v) is 3.31. The second-order valence-electron chi connectivity index (χ2n) is 4.27. The third-order valence-corrected chi connectivity index (χ3v) is 4.25. The second kappa shape index (κ2) is 7.22. The van der Waals surface area contributed by atoms with Crippen LogP contribution in [0.3, 0.4) is 0 Å². The third kappa shape index (κ3) is 4.18. The maximum atomic E-state index is 8.77. The Hall–Kier alpha value is -1.65. The molecular formula is C15H15ClN2OS. The zero-order valence-electron chi connectivity index (χ0n) is 10.7. The first-order valence-corrected chi connectivity index (χ1v) is 7.38. The van der Waals surface area contributed by atoms with Crippen molar-refractivity contribution in [3.63, 3.8) is 0 Å². The van der Waals surface area contributed by atoms with Crippen molar-refractivity contribution in [2.75, 3.05) is 0 Å². The summed E-state index contributed by atoms with van der Waals surface area (Å²) in [6, 6.07) is 17.7. The monoisotopic (exact) mass is 306 g/mol. The smallest absolute Gasteiger partial charge is 0.140 e. The van der Waals surface area contributed by atoms with E-state index in [-0.39, 0.29) is 11.1 Å². The van der Waals surface area contributed by atoms with Crippen LogP contribution in [0.15, 0.2) is 64.6 Å². The van der Waals surface area contributed by atoms with Gasteiger partial charge in [-0.05, 0) is 23.8 Å². The molecule has 0 amide bonds. The van der Waals surface area contributed by atoms with Crippen molar-refractivity contribution in [3.8, 4) is 0 Å². The minimum Gasteiger partial charge on any atom is -0.409 e. The quantitative estimate of drug-likeness (QED) is 0.284. The van der Waals surface area contributed by atoms with Crippen LogP contribution in [0.5, 0.6) is 0 Å². The molecule has 5 heteroatoms. The second-order valence-corrected chi connectivity index (χ2v) is 5.98. The fraction of sp³-hybridized carbons (Fsp3) is 0.133. The van der Waals surface area contributed by atoms with Crippen LogP contribution in [0.2, 0.25) is 5.02 Å². The lowest BCUT2D eigenvalue weighted by Gasteiger charge is -2.16. The minimum absolute atomic E-state index is 0.0746. The molecule has 0 spiro atoms. The lowest BCUT2D eigenvalue weighted by Crippen LogP contribution is -2.14. The molecule has 0 saturated heterocycles. The Morgan fingerprint density at radius 1 is 1.20 bits per heavy atom. The topological polar surface area (TPSA) is 58.6 Å². The maximum absolute atomic E-state index is 8.77. The van der Waals surface area contributed by atoms with Crippen molar-refractivity contribution in [2.24, 2.45) is 10.9 Å². The van der Waals surface area contributed by atoms with E-state index in [4.69, 9.17) is 22.5 Å². The van der Waals surface area contributed by atoms with Crippen LogP contribution >= 0.6 is 23.4 Å². The molecule has 104 valence electrons. The Morgan fingerprint density at radius 2 is 1.95 bits per heavy atom. The molecule has 20 heavy (non-hydrogen) atoms. The Balaban J connectivity index is 2.23. The molecular weight excluding hydrogens is 292 g/mol. The van der Waals surface area contributed by atoms with Crippen molar-refractivity contribution < 1.29 is 5.21 Å². The van der Waals surface area contributed by atoms with Crippen LogP contribution in [0.1, 0.15) is 17.2 Å².